The molecule has 0 spiro atoms. The average Bonchev–Trinajstić information content (AvgIpc) is 2.84. The van der Waals surface area contributed by atoms with E-state index in [1.165, 1.54) is 18.3 Å². The lowest BCUT2D eigenvalue weighted by Crippen LogP contribution is -2.49. The third-order valence-electron chi connectivity index (χ3n) is 5.29. The summed E-state index contributed by atoms with van der Waals surface area (Å²) in [6, 6.07) is 8.16. The van der Waals surface area contributed by atoms with Gasteiger partial charge in [0.25, 0.3) is 12.3 Å². The molecule has 8 nitrogen and oxygen atoms in total. The predicted octanol–water partition coefficient (Wildman–Crippen LogP) is 3.65. The molecule has 0 bridgehead atoms. The molecule has 4 rings (SSSR count). The zero-order valence-corrected chi connectivity index (χ0v) is 18.0. The lowest BCUT2D eigenvalue weighted by molar-refractivity contribution is 0.0367. The first-order chi connectivity index (χ1) is 16.0. The van der Waals surface area contributed by atoms with Gasteiger partial charge in [-0.25, -0.2) is 23.7 Å². The van der Waals surface area contributed by atoms with E-state index in [4.69, 9.17) is 9.47 Å². The highest BCUT2D eigenvalue weighted by Crippen LogP contribution is 2.26. The van der Waals surface area contributed by atoms with E-state index in [1.807, 2.05) is 6.92 Å². The number of hydrogen-bond donors (Lipinski definition) is 0. The van der Waals surface area contributed by atoms with Crippen molar-refractivity contribution in [3.63, 3.8) is 0 Å². The Kier molecular flexibility index (Phi) is 7.01. The van der Waals surface area contributed by atoms with Crippen LogP contribution >= 0.6 is 0 Å². The average molecular weight is 455 g/mol. The van der Waals surface area contributed by atoms with Gasteiger partial charge in [-0.1, -0.05) is 0 Å². The number of halogens is 2. The smallest absolute Gasteiger partial charge is 0.273 e. The standard InChI is InChI=1S/C23H23F2N5O3/c1-15-5-6-17(33-20-12-16(7-11-26-20)32-14-19(24)25)13-30(15)23(31)21-18(4-2-8-27-21)22-28-9-3-10-29-22/h2-4,7-12,15,17,19H,5-6,13-14H2,1H3/t15-,17-/m1/s1. The summed E-state index contributed by atoms with van der Waals surface area (Å²) in [7, 11) is 0. The molecular weight excluding hydrogens is 432 g/mol. The zero-order chi connectivity index (χ0) is 23.2. The summed E-state index contributed by atoms with van der Waals surface area (Å²) >= 11 is 0. The Balaban J connectivity index is 1.49. The SMILES string of the molecule is C[C@@H]1CC[C@@H](Oc2cc(OCC(F)F)ccn2)CN1C(=O)c1ncccc1-c1ncccn1. The van der Waals surface area contributed by atoms with Crippen LogP contribution in [0.3, 0.4) is 0 Å². The van der Waals surface area contributed by atoms with Gasteiger partial charge < -0.3 is 14.4 Å². The summed E-state index contributed by atoms with van der Waals surface area (Å²) in [5.41, 5.74) is 0.834. The number of carbonyl (C=O) groups excluding carboxylic acids is 1. The molecule has 0 radical (unpaired) electrons. The van der Waals surface area contributed by atoms with E-state index < -0.39 is 13.0 Å². The summed E-state index contributed by atoms with van der Waals surface area (Å²) in [5, 5.41) is 0. The van der Waals surface area contributed by atoms with E-state index in [1.54, 1.807) is 41.7 Å². The maximum Gasteiger partial charge on any atom is 0.273 e. The van der Waals surface area contributed by atoms with Crippen LogP contribution in [0.5, 0.6) is 11.6 Å². The second kappa shape index (κ2) is 10.3. The minimum Gasteiger partial charge on any atom is -0.487 e. The van der Waals surface area contributed by atoms with E-state index in [0.717, 1.165) is 6.42 Å². The highest BCUT2D eigenvalue weighted by molar-refractivity contribution is 5.98. The molecule has 3 aromatic heterocycles. The first-order valence-electron chi connectivity index (χ1n) is 10.6. The van der Waals surface area contributed by atoms with E-state index in [9.17, 15) is 13.6 Å². The molecule has 33 heavy (non-hydrogen) atoms. The monoisotopic (exact) mass is 455 g/mol. The van der Waals surface area contributed by atoms with Crippen molar-refractivity contribution in [1.82, 2.24) is 24.8 Å². The molecule has 1 aliphatic rings. The minimum atomic E-state index is -2.57. The molecule has 0 aliphatic carbocycles. The maximum atomic E-state index is 13.5. The fraction of sp³-hybridized carbons (Fsp3) is 0.348. The van der Waals surface area contributed by atoms with Gasteiger partial charge in [-0.15, -0.1) is 0 Å². The van der Waals surface area contributed by atoms with Crippen molar-refractivity contribution in [2.24, 2.45) is 0 Å². The number of ether oxygens (including phenoxy) is 2. The van der Waals surface area contributed by atoms with Crippen LogP contribution in [0.2, 0.25) is 0 Å². The number of hydrogen-bond acceptors (Lipinski definition) is 7. The van der Waals surface area contributed by atoms with Crippen LogP contribution in [0, 0.1) is 0 Å². The number of likely N-dealkylation sites (tertiary alicyclic amines) is 1. The topological polar surface area (TPSA) is 90.3 Å². The van der Waals surface area contributed by atoms with Crippen molar-refractivity contribution in [3.8, 4) is 23.0 Å². The van der Waals surface area contributed by atoms with Gasteiger partial charge in [0.15, 0.2) is 5.82 Å². The number of rotatable bonds is 7. The molecule has 4 heterocycles. The molecule has 1 aliphatic heterocycles. The minimum absolute atomic E-state index is 0.0161. The van der Waals surface area contributed by atoms with Crippen LogP contribution in [0.4, 0.5) is 8.78 Å². The predicted molar refractivity (Wildman–Crippen MR) is 115 cm³/mol. The zero-order valence-electron chi connectivity index (χ0n) is 18.0. The van der Waals surface area contributed by atoms with Crippen molar-refractivity contribution in [1.29, 1.82) is 0 Å². The van der Waals surface area contributed by atoms with Gasteiger partial charge in [0, 0.05) is 36.9 Å². The number of carbonyl (C=O) groups is 1. The maximum absolute atomic E-state index is 13.5. The summed E-state index contributed by atoms with van der Waals surface area (Å²) in [5.74, 6) is 0.695. The van der Waals surface area contributed by atoms with Crippen LogP contribution < -0.4 is 9.47 Å². The molecule has 0 N–H and O–H groups in total. The third kappa shape index (κ3) is 5.57. The lowest BCUT2D eigenvalue weighted by Gasteiger charge is -2.37. The Morgan fingerprint density at radius 1 is 1.09 bits per heavy atom. The summed E-state index contributed by atoms with van der Waals surface area (Å²) in [4.78, 5) is 32.1. The highest BCUT2D eigenvalue weighted by atomic mass is 19.3. The molecular formula is C23H23F2N5O3. The highest BCUT2D eigenvalue weighted by Gasteiger charge is 2.33. The number of pyridine rings is 2. The Labute approximate surface area is 189 Å². The Hall–Kier alpha value is -3.69. The molecule has 1 amide bonds. The van der Waals surface area contributed by atoms with Gasteiger partial charge in [-0.05, 0) is 44.0 Å². The molecule has 1 fully saturated rings. The normalized spacial score (nSPS) is 18.2. The van der Waals surface area contributed by atoms with E-state index >= 15 is 0 Å². The number of piperidine rings is 1. The van der Waals surface area contributed by atoms with Gasteiger partial charge in [-0.2, -0.15) is 0 Å². The van der Waals surface area contributed by atoms with Crippen molar-refractivity contribution in [3.05, 3.63) is 60.8 Å². The van der Waals surface area contributed by atoms with Crippen LogP contribution in [0.1, 0.15) is 30.3 Å². The second-order valence-electron chi connectivity index (χ2n) is 7.63. The quantitative estimate of drug-likeness (QED) is 0.537. The Morgan fingerprint density at radius 2 is 1.88 bits per heavy atom. The van der Waals surface area contributed by atoms with Crippen LogP contribution in [0.15, 0.2) is 55.1 Å². The van der Waals surface area contributed by atoms with Gasteiger partial charge in [-0.3, -0.25) is 9.78 Å². The second-order valence-corrected chi connectivity index (χ2v) is 7.63. The van der Waals surface area contributed by atoms with Crippen molar-refractivity contribution in [2.75, 3.05) is 13.2 Å². The first kappa shape index (κ1) is 22.5. The third-order valence-corrected chi connectivity index (χ3v) is 5.29. The lowest BCUT2D eigenvalue weighted by atomic mass is 10.00. The van der Waals surface area contributed by atoms with Gasteiger partial charge in [0.1, 0.15) is 24.2 Å². The molecule has 3 aromatic rings. The number of alkyl halides is 2. The van der Waals surface area contributed by atoms with Gasteiger partial charge in [0.05, 0.1) is 12.1 Å². The molecule has 2 atom stereocenters. The van der Waals surface area contributed by atoms with E-state index in [0.29, 0.717) is 24.4 Å². The van der Waals surface area contributed by atoms with Crippen molar-refractivity contribution >= 4 is 5.91 Å². The molecule has 172 valence electrons. The van der Waals surface area contributed by atoms with Crippen LogP contribution in [-0.2, 0) is 0 Å². The molecule has 0 aromatic carbocycles. The van der Waals surface area contributed by atoms with Crippen molar-refractivity contribution in [2.45, 2.75) is 38.3 Å². The van der Waals surface area contributed by atoms with Crippen LogP contribution in [-0.4, -0.2) is 62.5 Å². The molecule has 0 saturated carbocycles. The van der Waals surface area contributed by atoms with Gasteiger partial charge in [0.2, 0.25) is 5.88 Å². The largest absolute Gasteiger partial charge is 0.487 e. The fourth-order valence-corrected chi connectivity index (χ4v) is 3.66. The molecule has 10 heteroatoms. The number of amides is 1. The number of aromatic nitrogens is 4. The Morgan fingerprint density at radius 3 is 2.67 bits per heavy atom. The van der Waals surface area contributed by atoms with E-state index in [2.05, 4.69) is 19.9 Å². The molecule has 1 saturated heterocycles. The van der Waals surface area contributed by atoms with Crippen LogP contribution in [0.25, 0.3) is 11.4 Å². The summed E-state index contributed by atoms with van der Waals surface area (Å²) in [6.45, 7) is 1.60. The summed E-state index contributed by atoms with van der Waals surface area (Å²) < 4.78 is 35.8. The summed E-state index contributed by atoms with van der Waals surface area (Å²) in [6.07, 6.45) is 4.78. The Bertz CT molecular complexity index is 1090. The van der Waals surface area contributed by atoms with E-state index in [-0.39, 0.29) is 35.4 Å². The molecule has 0 unspecified atom stereocenters. The van der Waals surface area contributed by atoms with Crippen molar-refractivity contribution < 1.29 is 23.0 Å². The number of nitrogens with zero attached hydrogens (tertiary/aromatic N) is 5. The fourth-order valence-electron chi connectivity index (χ4n) is 3.66. The van der Waals surface area contributed by atoms with Gasteiger partial charge >= 0.3 is 0 Å². The first-order valence-corrected chi connectivity index (χ1v) is 10.6.